The first kappa shape index (κ1) is 24.6. The summed E-state index contributed by atoms with van der Waals surface area (Å²) in [5, 5.41) is 20.8. The lowest BCUT2D eigenvalue weighted by Crippen LogP contribution is -2.36. The number of aliphatic imine (C=N–C) groups is 1. The molecular formula is C25H26N2O7. The summed E-state index contributed by atoms with van der Waals surface area (Å²) in [6.07, 6.45) is 0.420. The Hall–Kier alpha value is -4.01. The molecule has 9 nitrogen and oxygen atoms in total. The number of hydrogen-bond acceptors (Lipinski definition) is 8. The van der Waals surface area contributed by atoms with Crippen LogP contribution >= 0.6 is 0 Å². The molecule has 0 radical (unpaired) electrons. The number of nitrogens with zero attached hydrogens (tertiary/aromatic N) is 2. The molecular weight excluding hydrogens is 440 g/mol. The Morgan fingerprint density at radius 2 is 1.82 bits per heavy atom. The van der Waals surface area contributed by atoms with E-state index in [1.165, 1.54) is 18.2 Å². The number of hydrogen-bond donors (Lipinski definition) is 1. The van der Waals surface area contributed by atoms with Crippen molar-refractivity contribution in [2.75, 3.05) is 13.2 Å². The number of nitro benzene ring substituents is 1. The molecule has 3 rings (SSSR count). The van der Waals surface area contributed by atoms with Crippen LogP contribution in [0.5, 0.6) is 5.75 Å². The molecule has 0 spiro atoms. The van der Waals surface area contributed by atoms with Crippen LogP contribution in [0.15, 0.2) is 64.8 Å². The number of ether oxygens (including phenoxy) is 2. The zero-order valence-corrected chi connectivity index (χ0v) is 19.2. The van der Waals surface area contributed by atoms with Crippen molar-refractivity contribution in [1.82, 2.24) is 0 Å². The molecule has 0 saturated heterocycles. The van der Waals surface area contributed by atoms with Gasteiger partial charge in [-0.15, -0.1) is 0 Å². The minimum absolute atomic E-state index is 0.0643. The van der Waals surface area contributed by atoms with Crippen molar-refractivity contribution in [3.8, 4) is 5.75 Å². The number of non-ortho nitro benzene ring substituents is 1. The minimum Gasteiger partial charge on any atom is -0.508 e. The van der Waals surface area contributed by atoms with Gasteiger partial charge in [0.05, 0.1) is 23.7 Å². The van der Waals surface area contributed by atoms with Crippen LogP contribution in [0, 0.1) is 16.0 Å². The Morgan fingerprint density at radius 3 is 2.47 bits per heavy atom. The average Bonchev–Trinajstić information content (AvgIpc) is 2.80. The van der Waals surface area contributed by atoms with E-state index >= 15 is 0 Å². The first-order chi connectivity index (χ1) is 16.2. The van der Waals surface area contributed by atoms with Gasteiger partial charge in [-0.2, -0.15) is 0 Å². The van der Waals surface area contributed by atoms with Crippen molar-refractivity contribution in [1.29, 1.82) is 0 Å². The molecule has 1 N–H and O–H groups in total. The predicted molar refractivity (Wildman–Crippen MR) is 125 cm³/mol. The van der Waals surface area contributed by atoms with Crippen LogP contribution in [0.25, 0.3) is 0 Å². The van der Waals surface area contributed by atoms with Gasteiger partial charge in [0.1, 0.15) is 11.7 Å². The van der Waals surface area contributed by atoms with Gasteiger partial charge in [-0.05, 0) is 44.0 Å². The number of allylic oxidation sites excluding steroid dienone is 1. The normalized spacial score (nSPS) is 17.7. The maximum Gasteiger partial charge on any atom is 0.336 e. The number of phenols is 1. The molecule has 0 aromatic heterocycles. The Labute approximate surface area is 196 Å². The van der Waals surface area contributed by atoms with Crippen LogP contribution < -0.4 is 0 Å². The SMILES string of the molecule is CCOC(=O)C1C(C)=NC(C)=C(C(=O)OCCc2ccc(O)cc2)C1c1cccc([N+](=O)[O-])c1. The number of nitro groups is 1. The van der Waals surface area contributed by atoms with E-state index in [0.29, 0.717) is 23.4 Å². The molecule has 0 saturated carbocycles. The van der Waals surface area contributed by atoms with Gasteiger partial charge in [-0.25, -0.2) is 4.79 Å². The van der Waals surface area contributed by atoms with Crippen LogP contribution in [0.2, 0.25) is 0 Å². The molecule has 9 heteroatoms. The monoisotopic (exact) mass is 466 g/mol. The van der Waals surface area contributed by atoms with E-state index in [1.807, 2.05) is 0 Å². The van der Waals surface area contributed by atoms with Crippen LogP contribution in [0.4, 0.5) is 5.69 Å². The molecule has 2 unspecified atom stereocenters. The lowest BCUT2D eigenvalue weighted by molar-refractivity contribution is -0.384. The second-order valence-electron chi connectivity index (χ2n) is 7.86. The number of phenolic OH excluding ortho intramolecular Hbond substituents is 1. The van der Waals surface area contributed by atoms with E-state index < -0.39 is 28.7 Å². The lowest BCUT2D eigenvalue weighted by atomic mass is 9.75. The molecule has 34 heavy (non-hydrogen) atoms. The van der Waals surface area contributed by atoms with Crippen LogP contribution in [-0.4, -0.2) is 40.9 Å². The highest BCUT2D eigenvalue weighted by molar-refractivity contribution is 6.07. The number of carbonyl (C=O) groups is 2. The van der Waals surface area contributed by atoms with Crippen molar-refractivity contribution >= 4 is 23.3 Å². The first-order valence-corrected chi connectivity index (χ1v) is 10.8. The number of benzene rings is 2. The van der Waals surface area contributed by atoms with Gasteiger partial charge in [-0.3, -0.25) is 19.9 Å². The molecule has 2 atom stereocenters. The summed E-state index contributed by atoms with van der Waals surface area (Å²) in [6, 6.07) is 12.4. The Bertz CT molecular complexity index is 1150. The largest absolute Gasteiger partial charge is 0.508 e. The molecule has 1 aliphatic rings. The Morgan fingerprint density at radius 1 is 1.12 bits per heavy atom. The van der Waals surface area contributed by atoms with Crippen LogP contribution in [0.1, 0.15) is 37.8 Å². The van der Waals surface area contributed by atoms with E-state index in [1.54, 1.807) is 51.1 Å². The van der Waals surface area contributed by atoms with Gasteiger partial charge < -0.3 is 14.6 Å². The van der Waals surface area contributed by atoms with Crippen molar-refractivity contribution < 1.29 is 29.1 Å². The summed E-state index contributed by atoms with van der Waals surface area (Å²) in [6.45, 7) is 5.19. The standard InChI is InChI=1S/C25H26N2O7/c1-4-33-24(29)21-15(2)26-16(3)22(23(21)18-6-5-7-19(14-18)27(31)32)25(30)34-13-12-17-8-10-20(28)11-9-17/h5-11,14,21,23,28H,4,12-13H2,1-3H3. The number of esters is 2. The molecule has 0 amide bonds. The van der Waals surface area contributed by atoms with Crippen molar-refractivity contribution in [2.45, 2.75) is 33.1 Å². The Balaban J connectivity index is 1.95. The van der Waals surface area contributed by atoms with Gasteiger partial charge in [-0.1, -0.05) is 24.3 Å². The summed E-state index contributed by atoms with van der Waals surface area (Å²) in [4.78, 5) is 41.3. The summed E-state index contributed by atoms with van der Waals surface area (Å²) in [5.74, 6) is -2.86. The smallest absolute Gasteiger partial charge is 0.336 e. The third-order valence-corrected chi connectivity index (χ3v) is 5.59. The highest BCUT2D eigenvalue weighted by Crippen LogP contribution is 2.41. The van der Waals surface area contributed by atoms with E-state index in [-0.39, 0.29) is 30.2 Å². The van der Waals surface area contributed by atoms with Gasteiger partial charge in [0, 0.05) is 35.9 Å². The van der Waals surface area contributed by atoms with Gasteiger partial charge in [0.2, 0.25) is 0 Å². The quantitative estimate of drug-likeness (QED) is 0.352. The molecule has 0 aliphatic carbocycles. The summed E-state index contributed by atoms with van der Waals surface area (Å²) in [5.41, 5.74) is 2.13. The Kier molecular flexibility index (Phi) is 7.78. The number of carbonyl (C=O) groups excluding carboxylic acids is 2. The van der Waals surface area contributed by atoms with Gasteiger partial charge in [0.15, 0.2) is 0 Å². The van der Waals surface area contributed by atoms with E-state index in [2.05, 4.69) is 4.99 Å². The summed E-state index contributed by atoms with van der Waals surface area (Å²) in [7, 11) is 0. The minimum atomic E-state index is -0.926. The van der Waals surface area contributed by atoms with Crippen LogP contribution in [-0.2, 0) is 25.5 Å². The number of rotatable bonds is 8. The van der Waals surface area contributed by atoms with Gasteiger partial charge in [0.25, 0.3) is 5.69 Å². The molecule has 2 aromatic rings. The molecule has 1 heterocycles. The molecule has 178 valence electrons. The van der Waals surface area contributed by atoms with Crippen molar-refractivity contribution in [2.24, 2.45) is 10.9 Å². The molecule has 0 fully saturated rings. The first-order valence-electron chi connectivity index (χ1n) is 10.8. The van der Waals surface area contributed by atoms with Gasteiger partial charge >= 0.3 is 11.9 Å². The predicted octanol–water partition coefficient (Wildman–Crippen LogP) is 4.10. The summed E-state index contributed by atoms with van der Waals surface area (Å²) < 4.78 is 10.8. The highest BCUT2D eigenvalue weighted by Gasteiger charge is 2.42. The fourth-order valence-corrected chi connectivity index (χ4v) is 4.03. The maximum atomic E-state index is 13.2. The fourth-order valence-electron chi connectivity index (χ4n) is 4.03. The molecule has 1 aliphatic heterocycles. The second-order valence-corrected chi connectivity index (χ2v) is 7.86. The lowest BCUT2D eigenvalue weighted by Gasteiger charge is -2.31. The second kappa shape index (κ2) is 10.7. The molecule has 2 aromatic carbocycles. The molecule has 0 bridgehead atoms. The van der Waals surface area contributed by atoms with Crippen molar-refractivity contribution in [3.63, 3.8) is 0 Å². The maximum absolute atomic E-state index is 13.2. The van der Waals surface area contributed by atoms with E-state index in [9.17, 15) is 24.8 Å². The topological polar surface area (TPSA) is 128 Å². The third kappa shape index (κ3) is 5.48. The third-order valence-electron chi connectivity index (χ3n) is 5.59. The number of aromatic hydroxyl groups is 1. The highest BCUT2D eigenvalue weighted by atomic mass is 16.6. The van der Waals surface area contributed by atoms with Crippen molar-refractivity contribution in [3.05, 3.63) is 81.0 Å². The van der Waals surface area contributed by atoms with E-state index in [0.717, 1.165) is 5.56 Å². The fraction of sp³-hybridized carbons (Fsp3) is 0.320. The van der Waals surface area contributed by atoms with Crippen LogP contribution in [0.3, 0.4) is 0 Å². The zero-order chi connectivity index (χ0) is 24.8. The van der Waals surface area contributed by atoms with E-state index in [4.69, 9.17) is 9.47 Å². The average molecular weight is 466 g/mol. The summed E-state index contributed by atoms with van der Waals surface area (Å²) >= 11 is 0. The zero-order valence-electron chi connectivity index (χ0n) is 19.2.